The third-order valence-corrected chi connectivity index (χ3v) is 1.50. The van der Waals surface area contributed by atoms with Gasteiger partial charge in [0.2, 0.25) is 0 Å². The number of likely N-dealkylation sites (N-methyl/N-ethyl adjacent to an activating group) is 1. The highest BCUT2D eigenvalue weighted by Gasteiger charge is 2.23. The molecule has 4 nitrogen and oxygen atoms in total. The number of carboxylic acids is 1. The zero-order valence-electron chi connectivity index (χ0n) is 6.47. The lowest BCUT2D eigenvalue weighted by molar-refractivity contribution is -0.826. The average molecular weight is 179 g/mol. The van der Waals surface area contributed by atoms with Gasteiger partial charge in [-0.1, -0.05) is 0 Å². The molecule has 1 unspecified atom stereocenters. The molecule has 0 saturated carbocycles. The van der Waals surface area contributed by atoms with Gasteiger partial charge < -0.3 is 22.4 Å². The zero-order valence-corrected chi connectivity index (χ0v) is 7.22. The van der Waals surface area contributed by atoms with Crippen LogP contribution in [-0.4, -0.2) is 36.7 Å². The Morgan fingerprint density at radius 3 is 2.55 bits per heavy atom. The average Bonchev–Trinajstić information content (AvgIpc) is 2.10. The zero-order chi connectivity index (χ0) is 7.72. The van der Waals surface area contributed by atoms with E-state index in [2.05, 4.69) is 0 Å². The Bertz CT molecular complexity index is 193. The van der Waals surface area contributed by atoms with E-state index in [1.165, 1.54) is 0 Å². The molecule has 1 rings (SSSR count). The number of rotatable bonds is 1. The Labute approximate surface area is 71.5 Å². The van der Waals surface area contributed by atoms with E-state index in [0.29, 0.717) is 5.70 Å². The number of nitrogens with zero attached hydrogens (tertiary/aromatic N) is 1. The minimum absolute atomic E-state index is 0. The predicted molar refractivity (Wildman–Crippen MR) is 35.2 cm³/mol. The van der Waals surface area contributed by atoms with Crippen LogP contribution in [0.15, 0.2) is 11.9 Å². The van der Waals surface area contributed by atoms with Gasteiger partial charge in [0.15, 0.2) is 12.4 Å². The van der Waals surface area contributed by atoms with Crippen LogP contribution in [0, 0.1) is 0 Å². The topological polar surface area (TPSA) is 45.0 Å². The lowest BCUT2D eigenvalue weighted by Crippen LogP contribution is -3.03. The standard InChI is InChI=1S/C6H10N2O2.ClH/c1-7-3-5(6(9)10)8(2)4-7;/h3H,4H2,1-2H3,(H,9,10);1H. The monoisotopic (exact) mass is 178 g/mol. The number of carbonyl (C=O) groups is 1. The van der Waals surface area contributed by atoms with Crippen molar-refractivity contribution in [3.63, 3.8) is 0 Å². The maximum absolute atomic E-state index is 10.4. The maximum Gasteiger partial charge on any atom is 0.357 e. The van der Waals surface area contributed by atoms with Crippen molar-refractivity contribution >= 4 is 5.97 Å². The van der Waals surface area contributed by atoms with Crippen molar-refractivity contribution in [1.82, 2.24) is 4.90 Å². The van der Waals surface area contributed by atoms with Gasteiger partial charge in [-0.15, -0.1) is 0 Å². The number of aliphatic carboxylic acids is 1. The molecule has 0 spiro atoms. The molecule has 0 saturated heterocycles. The van der Waals surface area contributed by atoms with Gasteiger partial charge in [-0.3, -0.25) is 4.90 Å². The van der Waals surface area contributed by atoms with Gasteiger partial charge in [-0.05, 0) is 0 Å². The Balaban J connectivity index is 0.000001000. The summed E-state index contributed by atoms with van der Waals surface area (Å²) in [6, 6.07) is 0. The van der Waals surface area contributed by atoms with Crippen molar-refractivity contribution in [2.24, 2.45) is 0 Å². The smallest absolute Gasteiger partial charge is 0.357 e. The Morgan fingerprint density at radius 1 is 1.82 bits per heavy atom. The van der Waals surface area contributed by atoms with Crippen LogP contribution in [0.2, 0.25) is 0 Å². The number of halogens is 1. The molecule has 0 aliphatic carbocycles. The quantitative estimate of drug-likeness (QED) is 0.425. The van der Waals surface area contributed by atoms with Gasteiger partial charge >= 0.3 is 5.97 Å². The molecule has 1 atom stereocenters. The molecule has 0 aromatic carbocycles. The summed E-state index contributed by atoms with van der Waals surface area (Å²) in [6.45, 7) is 0.738. The number of quaternary nitrogens is 1. The molecule has 0 radical (unpaired) electrons. The first-order valence-corrected chi connectivity index (χ1v) is 3.10. The second kappa shape index (κ2) is 3.59. The van der Waals surface area contributed by atoms with Gasteiger partial charge in [0.1, 0.15) is 6.20 Å². The van der Waals surface area contributed by atoms with Gasteiger partial charge in [0.25, 0.3) is 0 Å². The molecule has 11 heavy (non-hydrogen) atoms. The molecular formula is C6H11ClN2O2. The molecular weight excluding hydrogens is 168 g/mol. The van der Waals surface area contributed by atoms with E-state index in [9.17, 15) is 4.79 Å². The summed E-state index contributed by atoms with van der Waals surface area (Å²) in [4.78, 5) is 13.3. The summed E-state index contributed by atoms with van der Waals surface area (Å²) < 4.78 is 0. The van der Waals surface area contributed by atoms with Crippen molar-refractivity contribution in [1.29, 1.82) is 0 Å². The van der Waals surface area contributed by atoms with E-state index < -0.39 is 5.97 Å². The largest absolute Gasteiger partial charge is 1.00 e. The fourth-order valence-electron chi connectivity index (χ4n) is 1.07. The van der Waals surface area contributed by atoms with Gasteiger partial charge in [0, 0.05) is 7.05 Å². The first-order chi connectivity index (χ1) is 4.61. The summed E-state index contributed by atoms with van der Waals surface area (Å²) in [5.41, 5.74) is 0.387. The highest BCUT2D eigenvalue weighted by Crippen LogP contribution is 1.99. The van der Waals surface area contributed by atoms with Crippen molar-refractivity contribution in [2.45, 2.75) is 0 Å². The van der Waals surface area contributed by atoms with Crippen molar-refractivity contribution in [2.75, 3.05) is 20.8 Å². The van der Waals surface area contributed by atoms with E-state index >= 15 is 0 Å². The predicted octanol–water partition coefficient (Wildman–Crippen LogP) is -4.67. The molecule has 0 fully saturated rings. The Morgan fingerprint density at radius 2 is 2.36 bits per heavy atom. The second-order valence-electron chi connectivity index (χ2n) is 2.54. The molecule has 1 aliphatic heterocycles. The van der Waals surface area contributed by atoms with Crippen LogP contribution < -0.4 is 17.3 Å². The maximum atomic E-state index is 10.4. The molecule has 5 heteroatoms. The highest BCUT2D eigenvalue weighted by molar-refractivity contribution is 5.85. The molecule has 0 aromatic heterocycles. The van der Waals surface area contributed by atoms with Crippen LogP contribution >= 0.6 is 0 Å². The third-order valence-electron chi connectivity index (χ3n) is 1.50. The molecule has 1 aliphatic rings. The van der Waals surface area contributed by atoms with Crippen LogP contribution in [0.25, 0.3) is 0 Å². The van der Waals surface area contributed by atoms with Crippen molar-refractivity contribution in [3.05, 3.63) is 11.9 Å². The minimum atomic E-state index is -0.848. The lowest BCUT2D eigenvalue weighted by atomic mass is 10.5. The van der Waals surface area contributed by atoms with Gasteiger partial charge in [-0.2, -0.15) is 0 Å². The Hall–Kier alpha value is -0.740. The summed E-state index contributed by atoms with van der Waals surface area (Å²) >= 11 is 0. The van der Waals surface area contributed by atoms with E-state index in [1.807, 2.05) is 7.05 Å². The van der Waals surface area contributed by atoms with Crippen molar-refractivity contribution in [3.8, 4) is 0 Å². The lowest BCUT2D eigenvalue weighted by Gasteiger charge is -2.09. The fraction of sp³-hybridized carbons (Fsp3) is 0.500. The third kappa shape index (κ3) is 2.10. The summed E-state index contributed by atoms with van der Waals surface area (Å²) in [5.74, 6) is -0.848. The van der Waals surface area contributed by atoms with E-state index in [0.717, 1.165) is 11.6 Å². The number of hydrogen-bond donors (Lipinski definition) is 2. The summed E-state index contributed by atoms with van der Waals surface area (Å²) in [7, 11) is 3.70. The molecule has 0 bridgehead atoms. The van der Waals surface area contributed by atoms with E-state index in [1.54, 1.807) is 18.1 Å². The molecule has 0 amide bonds. The highest BCUT2D eigenvalue weighted by atomic mass is 35.5. The van der Waals surface area contributed by atoms with Crippen LogP contribution in [0.4, 0.5) is 0 Å². The number of hydrogen-bond acceptors (Lipinski definition) is 2. The molecule has 0 aromatic rings. The molecule has 2 N–H and O–H groups in total. The molecule has 1 heterocycles. The van der Waals surface area contributed by atoms with E-state index in [4.69, 9.17) is 5.11 Å². The first kappa shape index (κ1) is 10.3. The van der Waals surface area contributed by atoms with Crippen molar-refractivity contribution < 1.29 is 27.2 Å². The normalized spacial score (nSPS) is 22.5. The number of carboxylic acid groups (broad SMARTS) is 1. The van der Waals surface area contributed by atoms with Crippen LogP contribution in [0.3, 0.4) is 0 Å². The second-order valence-corrected chi connectivity index (χ2v) is 2.54. The first-order valence-electron chi connectivity index (χ1n) is 3.10. The van der Waals surface area contributed by atoms with Crippen LogP contribution in [-0.2, 0) is 4.79 Å². The van der Waals surface area contributed by atoms with Gasteiger partial charge in [-0.25, -0.2) is 4.79 Å². The Kier molecular flexibility index (Phi) is 3.35. The fourth-order valence-corrected chi connectivity index (χ4v) is 1.07. The van der Waals surface area contributed by atoms with Gasteiger partial charge in [0.05, 0.1) is 7.05 Å². The SMILES string of the molecule is CN1C[NH+](C)C=C1C(=O)O.[Cl-]. The number of nitrogens with one attached hydrogen (secondary N) is 1. The van der Waals surface area contributed by atoms with E-state index in [-0.39, 0.29) is 12.4 Å². The van der Waals surface area contributed by atoms with Crippen LogP contribution in [0.5, 0.6) is 0 Å². The minimum Gasteiger partial charge on any atom is -1.00 e. The summed E-state index contributed by atoms with van der Waals surface area (Å²) in [5, 5.41) is 8.58. The summed E-state index contributed by atoms with van der Waals surface area (Å²) in [6.07, 6.45) is 1.70. The molecule has 64 valence electrons. The van der Waals surface area contributed by atoms with Crippen LogP contribution in [0.1, 0.15) is 0 Å².